The molecular formula is C15H17NO4. The van der Waals surface area contributed by atoms with Crippen molar-refractivity contribution in [2.45, 2.75) is 20.5 Å². The van der Waals surface area contributed by atoms with Gasteiger partial charge in [-0.05, 0) is 12.5 Å². The van der Waals surface area contributed by atoms with Crippen LogP contribution in [0, 0.1) is 0 Å². The van der Waals surface area contributed by atoms with Crippen LogP contribution in [0.2, 0.25) is 0 Å². The second-order valence-corrected chi connectivity index (χ2v) is 4.13. The monoisotopic (exact) mass is 275 g/mol. The van der Waals surface area contributed by atoms with Crippen molar-refractivity contribution >= 4 is 23.0 Å². The molecule has 0 aliphatic carbocycles. The van der Waals surface area contributed by atoms with Crippen molar-refractivity contribution in [1.29, 1.82) is 0 Å². The first-order valence-corrected chi connectivity index (χ1v) is 6.00. The summed E-state index contributed by atoms with van der Waals surface area (Å²) < 4.78 is 4.64. The van der Waals surface area contributed by atoms with Crippen LogP contribution >= 0.6 is 0 Å². The Labute approximate surface area is 117 Å². The van der Waals surface area contributed by atoms with Gasteiger partial charge >= 0.3 is 5.97 Å². The Kier molecular flexibility index (Phi) is 5.65. The third kappa shape index (κ3) is 4.05. The summed E-state index contributed by atoms with van der Waals surface area (Å²) in [5, 5.41) is 3.71. The van der Waals surface area contributed by atoms with Gasteiger partial charge in [-0.15, -0.1) is 0 Å². The maximum atomic E-state index is 11.5. The lowest BCUT2D eigenvalue weighted by Gasteiger charge is -2.09. The molecule has 1 aromatic rings. The van der Waals surface area contributed by atoms with E-state index in [1.54, 1.807) is 25.1 Å². The Morgan fingerprint density at radius 3 is 2.50 bits per heavy atom. The van der Waals surface area contributed by atoms with Gasteiger partial charge in [0.25, 0.3) is 0 Å². The summed E-state index contributed by atoms with van der Waals surface area (Å²) in [6, 6.07) is 7.15. The number of ketones is 1. The average molecular weight is 275 g/mol. The number of rotatable bonds is 6. The second-order valence-electron chi connectivity index (χ2n) is 4.13. The van der Waals surface area contributed by atoms with Crippen LogP contribution in [0.5, 0.6) is 0 Å². The van der Waals surface area contributed by atoms with Crippen LogP contribution in [-0.2, 0) is 25.8 Å². The number of Topliss-reactive ketones (excluding diaryl/α,β-unsaturated/α-hetero) is 1. The smallest absolute Gasteiger partial charge is 0.337 e. The molecule has 1 aromatic carbocycles. The topological polar surface area (TPSA) is 65.0 Å². The van der Waals surface area contributed by atoms with Gasteiger partial charge in [-0.25, -0.2) is 4.79 Å². The molecular weight excluding hydrogens is 258 g/mol. The third-order valence-corrected chi connectivity index (χ3v) is 2.71. The Morgan fingerprint density at radius 2 is 1.90 bits per heavy atom. The summed E-state index contributed by atoms with van der Waals surface area (Å²) in [5.41, 5.74) is 1.91. The van der Waals surface area contributed by atoms with Gasteiger partial charge in [0.1, 0.15) is 12.3 Å². The van der Waals surface area contributed by atoms with Crippen LogP contribution in [0.25, 0.3) is 5.57 Å². The number of esters is 1. The van der Waals surface area contributed by atoms with Crippen LogP contribution in [-0.4, -0.2) is 24.6 Å². The highest BCUT2D eigenvalue weighted by Gasteiger charge is 2.13. The molecule has 0 bridgehead atoms. The van der Waals surface area contributed by atoms with E-state index in [1.165, 1.54) is 14.0 Å². The van der Waals surface area contributed by atoms with Crippen molar-refractivity contribution in [2.24, 2.45) is 5.16 Å². The lowest BCUT2D eigenvalue weighted by atomic mass is 10.0. The Balaban J connectivity index is 2.86. The maximum Gasteiger partial charge on any atom is 0.337 e. The number of nitrogens with zero attached hydrogens (tertiary/aromatic N) is 1. The fourth-order valence-corrected chi connectivity index (χ4v) is 1.44. The van der Waals surface area contributed by atoms with Crippen LogP contribution in [0.3, 0.4) is 0 Å². The van der Waals surface area contributed by atoms with E-state index in [9.17, 15) is 9.59 Å². The number of methoxy groups -OCH3 is 1. The summed E-state index contributed by atoms with van der Waals surface area (Å²) in [7, 11) is 1.30. The number of ether oxygens (including phenoxy) is 1. The van der Waals surface area contributed by atoms with E-state index in [-0.39, 0.29) is 23.7 Å². The standard InChI is InChI=1S/C15H17NO4/c1-10(15(18)19-4)14-8-6-5-7-13(14)9-20-16-11(2)12(3)17/h5-8H,1,9H2,2-4H3/b16-11-. The van der Waals surface area contributed by atoms with Gasteiger partial charge < -0.3 is 9.57 Å². The minimum atomic E-state index is -0.499. The first-order chi connectivity index (χ1) is 9.47. The summed E-state index contributed by atoms with van der Waals surface area (Å²) in [5.74, 6) is -0.655. The number of carbonyl (C=O) groups is 2. The predicted octanol–water partition coefficient (Wildman–Crippen LogP) is 2.35. The molecule has 0 saturated heterocycles. The van der Waals surface area contributed by atoms with Gasteiger partial charge in [-0.1, -0.05) is 36.0 Å². The normalized spacial score (nSPS) is 10.8. The molecule has 0 unspecified atom stereocenters. The number of oxime groups is 1. The molecule has 0 radical (unpaired) electrons. The molecule has 0 aliphatic heterocycles. The average Bonchev–Trinajstić information content (AvgIpc) is 2.45. The lowest BCUT2D eigenvalue weighted by molar-refractivity contribution is -0.133. The van der Waals surface area contributed by atoms with Crippen molar-refractivity contribution in [2.75, 3.05) is 7.11 Å². The first kappa shape index (κ1) is 15.6. The highest BCUT2D eigenvalue weighted by molar-refractivity contribution is 6.37. The van der Waals surface area contributed by atoms with Gasteiger partial charge in [-0.3, -0.25) is 4.79 Å². The Bertz CT molecular complexity index is 561. The Morgan fingerprint density at radius 1 is 1.25 bits per heavy atom. The highest BCUT2D eigenvalue weighted by atomic mass is 16.6. The predicted molar refractivity (Wildman–Crippen MR) is 76.1 cm³/mol. The summed E-state index contributed by atoms with van der Waals surface area (Å²) in [6.45, 7) is 6.83. The zero-order chi connectivity index (χ0) is 15.1. The SMILES string of the molecule is C=C(C(=O)OC)c1ccccc1CO/N=C(/C)C(C)=O. The molecule has 0 heterocycles. The van der Waals surface area contributed by atoms with Gasteiger partial charge in [0.15, 0.2) is 5.78 Å². The summed E-state index contributed by atoms with van der Waals surface area (Å²) in [6.07, 6.45) is 0. The van der Waals surface area contributed by atoms with Gasteiger partial charge in [0, 0.05) is 12.5 Å². The number of hydrogen-bond donors (Lipinski definition) is 0. The molecule has 106 valence electrons. The van der Waals surface area contributed by atoms with Crippen LogP contribution in [0.1, 0.15) is 25.0 Å². The molecule has 0 amide bonds. The molecule has 5 nitrogen and oxygen atoms in total. The minimum absolute atomic E-state index is 0.136. The fourth-order valence-electron chi connectivity index (χ4n) is 1.44. The maximum absolute atomic E-state index is 11.5. The van der Waals surface area contributed by atoms with Gasteiger partial charge in [-0.2, -0.15) is 0 Å². The van der Waals surface area contributed by atoms with E-state index >= 15 is 0 Å². The van der Waals surface area contributed by atoms with E-state index in [2.05, 4.69) is 16.5 Å². The molecule has 0 spiro atoms. The number of carbonyl (C=O) groups excluding carboxylic acids is 2. The minimum Gasteiger partial charge on any atom is -0.465 e. The quantitative estimate of drug-likeness (QED) is 0.346. The third-order valence-electron chi connectivity index (χ3n) is 2.71. The fraction of sp³-hybridized carbons (Fsp3) is 0.267. The van der Waals surface area contributed by atoms with Crippen LogP contribution in [0.4, 0.5) is 0 Å². The molecule has 5 heteroatoms. The van der Waals surface area contributed by atoms with Crippen molar-refractivity contribution in [1.82, 2.24) is 0 Å². The number of hydrogen-bond acceptors (Lipinski definition) is 5. The Hall–Kier alpha value is -2.43. The molecule has 0 aliphatic rings. The van der Waals surface area contributed by atoms with Gasteiger partial charge in [0.05, 0.1) is 12.7 Å². The van der Waals surface area contributed by atoms with E-state index < -0.39 is 5.97 Å². The zero-order valence-electron chi connectivity index (χ0n) is 11.8. The molecule has 1 rings (SSSR count). The molecule has 0 atom stereocenters. The van der Waals surface area contributed by atoms with Crippen molar-refractivity contribution in [3.8, 4) is 0 Å². The van der Waals surface area contributed by atoms with E-state index in [0.717, 1.165) is 5.56 Å². The molecule has 0 aromatic heterocycles. The molecule has 20 heavy (non-hydrogen) atoms. The van der Waals surface area contributed by atoms with Crippen LogP contribution < -0.4 is 0 Å². The lowest BCUT2D eigenvalue weighted by Crippen LogP contribution is -2.07. The molecule has 0 N–H and O–H groups in total. The van der Waals surface area contributed by atoms with Crippen molar-refractivity contribution < 1.29 is 19.2 Å². The van der Waals surface area contributed by atoms with E-state index in [0.29, 0.717) is 5.56 Å². The molecule has 0 saturated carbocycles. The van der Waals surface area contributed by atoms with E-state index in [4.69, 9.17) is 4.84 Å². The molecule has 0 fully saturated rings. The highest BCUT2D eigenvalue weighted by Crippen LogP contribution is 2.19. The van der Waals surface area contributed by atoms with Crippen LogP contribution in [0.15, 0.2) is 36.0 Å². The van der Waals surface area contributed by atoms with E-state index in [1.807, 2.05) is 6.07 Å². The van der Waals surface area contributed by atoms with Crippen molar-refractivity contribution in [3.63, 3.8) is 0 Å². The zero-order valence-corrected chi connectivity index (χ0v) is 11.8. The number of benzene rings is 1. The second kappa shape index (κ2) is 7.23. The van der Waals surface area contributed by atoms with Crippen molar-refractivity contribution in [3.05, 3.63) is 42.0 Å². The first-order valence-electron chi connectivity index (χ1n) is 6.00. The summed E-state index contributed by atoms with van der Waals surface area (Å²) in [4.78, 5) is 27.6. The van der Waals surface area contributed by atoms with Gasteiger partial charge in [0.2, 0.25) is 0 Å². The summed E-state index contributed by atoms with van der Waals surface area (Å²) >= 11 is 0. The largest absolute Gasteiger partial charge is 0.465 e.